The van der Waals surface area contributed by atoms with Gasteiger partial charge in [-0.2, -0.15) is 0 Å². The fourth-order valence-electron chi connectivity index (χ4n) is 3.54. The molecule has 0 saturated carbocycles. The van der Waals surface area contributed by atoms with Crippen molar-refractivity contribution < 1.29 is 34.0 Å². The van der Waals surface area contributed by atoms with Gasteiger partial charge in [-0.3, -0.25) is 4.79 Å². The Morgan fingerprint density at radius 2 is 1.63 bits per heavy atom. The minimum Gasteiger partial charge on any atom is -0.491 e. The molecule has 38 heavy (non-hydrogen) atoms. The average molecular weight is 523 g/mol. The lowest BCUT2D eigenvalue weighted by Gasteiger charge is -2.30. The number of amides is 1. The number of aromatic nitrogens is 1. The number of benzene rings is 2. The van der Waals surface area contributed by atoms with E-state index in [2.05, 4.69) is 4.98 Å². The molecule has 1 amide bonds. The fourth-order valence-corrected chi connectivity index (χ4v) is 3.54. The van der Waals surface area contributed by atoms with Gasteiger partial charge in [0.25, 0.3) is 0 Å². The van der Waals surface area contributed by atoms with Crippen LogP contribution in [0.15, 0.2) is 72.9 Å². The second-order valence-corrected chi connectivity index (χ2v) is 9.78. The van der Waals surface area contributed by atoms with Crippen molar-refractivity contribution in [3.05, 3.63) is 84.1 Å². The van der Waals surface area contributed by atoms with Gasteiger partial charge < -0.3 is 29.3 Å². The highest BCUT2D eigenvalue weighted by atomic mass is 16.6. The lowest BCUT2D eigenvalue weighted by Crippen LogP contribution is -2.46. The Balaban J connectivity index is 1.59. The SMILES string of the molecule is CC(C)(C)OC(=O)N(C[C@H](O)COc1ccccc1)C[C@@H](O)Cc1ccc(Oc2ncccc2C=O)cc1. The molecule has 1 heterocycles. The van der Waals surface area contributed by atoms with Crippen molar-refractivity contribution in [2.24, 2.45) is 0 Å². The van der Waals surface area contributed by atoms with E-state index in [1.807, 2.05) is 18.2 Å². The monoisotopic (exact) mass is 522 g/mol. The number of para-hydroxylation sites is 1. The second kappa shape index (κ2) is 13.6. The molecule has 3 rings (SSSR count). The van der Waals surface area contributed by atoms with Crippen LogP contribution >= 0.6 is 0 Å². The largest absolute Gasteiger partial charge is 0.491 e. The maximum atomic E-state index is 12.8. The summed E-state index contributed by atoms with van der Waals surface area (Å²) in [6, 6.07) is 19.3. The number of carbonyl (C=O) groups is 2. The van der Waals surface area contributed by atoms with Gasteiger partial charge in [0.15, 0.2) is 6.29 Å². The Kier molecular flexibility index (Phi) is 10.2. The summed E-state index contributed by atoms with van der Waals surface area (Å²) in [5.41, 5.74) is 0.406. The van der Waals surface area contributed by atoms with E-state index in [-0.39, 0.29) is 32.0 Å². The van der Waals surface area contributed by atoms with Crippen molar-refractivity contribution in [3.8, 4) is 17.4 Å². The van der Waals surface area contributed by atoms with Crippen LogP contribution in [0.2, 0.25) is 0 Å². The van der Waals surface area contributed by atoms with E-state index in [4.69, 9.17) is 14.2 Å². The number of aliphatic hydroxyl groups excluding tert-OH is 2. The van der Waals surface area contributed by atoms with Gasteiger partial charge in [-0.05, 0) is 62.7 Å². The number of ether oxygens (including phenoxy) is 3. The number of pyridine rings is 1. The summed E-state index contributed by atoms with van der Waals surface area (Å²) in [5.74, 6) is 1.30. The second-order valence-electron chi connectivity index (χ2n) is 9.78. The minimum atomic E-state index is -0.991. The molecular formula is C29H34N2O7. The van der Waals surface area contributed by atoms with Crippen LogP contribution in [0.25, 0.3) is 0 Å². The van der Waals surface area contributed by atoms with Crippen LogP contribution in [0.5, 0.6) is 17.4 Å². The van der Waals surface area contributed by atoms with Crippen LogP contribution in [0.3, 0.4) is 0 Å². The smallest absolute Gasteiger partial charge is 0.410 e. The van der Waals surface area contributed by atoms with Crippen molar-refractivity contribution in [2.45, 2.75) is 45.0 Å². The third-order valence-corrected chi connectivity index (χ3v) is 5.24. The Bertz CT molecular complexity index is 1160. The summed E-state index contributed by atoms with van der Waals surface area (Å²) in [5, 5.41) is 21.3. The maximum absolute atomic E-state index is 12.8. The standard InChI is InChI=1S/C29H34N2O7/c1-29(2,3)38-28(35)31(18-24(34)20-36-25-9-5-4-6-10-25)17-23(33)16-21-11-13-26(14-12-21)37-27-22(19-32)8-7-15-30-27/h4-15,19,23-24,33-34H,16-18,20H2,1-3H3/t23-,24-/m0/s1. The number of carbonyl (C=O) groups excluding carboxylic acids is 2. The highest BCUT2D eigenvalue weighted by molar-refractivity contribution is 5.78. The van der Waals surface area contributed by atoms with Crippen LogP contribution in [-0.2, 0) is 11.2 Å². The Labute approximate surface area is 222 Å². The third kappa shape index (κ3) is 9.49. The molecule has 1 aromatic heterocycles. The molecule has 0 radical (unpaired) electrons. The molecular weight excluding hydrogens is 488 g/mol. The number of rotatable bonds is 12. The Hall–Kier alpha value is -3.95. The van der Waals surface area contributed by atoms with Crippen LogP contribution in [0, 0.1) is 0 Å². The fraction of sp³-hybridized carbons (Fsp3) is 0.345. The molecule has 0 fully saturated rings. The number of aliphatic hydroxyl groups is 2. The van der Waals surface area contributed by atoms with Crippen LogP contribution in [0.4, 0.5) is 4.79 Å². The predicted molar refractivity (Wildman–Crippen MR) is 142 cm³/mol. The van der Waals surface area contributed by atoms with Gasteiger partial charge in [0, 0.05) is 12.6 Å². The quantitative estimate of drug-likeness (QED) is 0.339. The predicted octanol–water partition coefficient (Wildman–Crippen LogP) is 4.27. The van der Waals surface area contributed by atoms with Gasteiger partial charge in [-0.25, -0.2) is 9.78 Å². The zero-order chi connectivity index (χ0) is 27.5. The molecule has 0 aliphatic carbocycles. The van der Waals surface area contributed by atoms with E-state index in [1.165, 1.54) is 11.1 Å². The first kappa shape index (κ1) is 28.6. The number of hydrogen-bond acceptors (Lipinski definition) is 8. The number of nitrogens with zero attached hydrogens (tertiary/aromatic N) is 2. The molecule has 202 valence electrons. The maximum Gasteiger partial charge on any atom is 0.410 e. The van der Waals surface area contributed by atoms with Crippen LogP contribution in [-0.4, -0.2) is 70.0 Å². The Morgan fingerprint density at radius 3 is 2.29 bits per heavy atom. The lowest BCUT2D eigenvalue weighted by molar-refractivity contribution is -0.00207. The average Bonchev–Trinajstić information content (AvgIpc) is 2.88. The van der Waals surface area contributed by atoms with Crippen molar-refractivity contribution in [2.75, 3.05) is 19.7 Å². The molecule has 2 atom stereocenters. The molecule has 9 nitrogen and oxygen atoms in total. The van der Waals surface area contributed by atoms with Crippen molar-refractivity contribution >= 4 is 12.4 Å². The van der Waals surface area contributed by atoms with Gasteiger partial charge in [-0.15, -0.1) is 0 Å². The van der Waals surface area contributed by atoms with E-state index < -0.39 is 23.9 Å². The van der Waals surface area contributed by atoms with Gasteiger partial charge in [0.1, 0.15) is 29.8 Å². The first-order valence-corrected chi connectivity index (χ1v) is 12.3. The van der Waals surface area contributed by atoms with Gasteiger partial charge in [0.2, 0.25) is 5.88 Å². The van der Waals surface area contributed by atoms with Crippen LogP contribution < -0.4 is 9.47 Å². The van der Waals surface area contributed by atoms with E-state index in [1.54, 1.807) is 69.3 Å². The molecule has 2 N–H and O–H groups in total. The summed E-state index contributed by atoms with van der Waals surface area (Å²) in [6.07, 6.45) is -0.0921. The zero-order valence-electron chi connectivity index (χ0n) is 21.8. The molecule has 0 bridgehead atoms. The van der Waals surface area contributed by atoms with Crippen molar-refractivity contribution in [1.29, 1.82) is 0 Å². The van der Waals surface area contributed by atoms with E-state index in [0.717, 1.165) is 5.56 Å². The normalized spacial score (nSPS) is 12.8. The Morgan fingerprint density at radius 1 is 0.947 bits per heavy atom. The molecule has 0 spiro atoms. The number of hydrogen-bond donors (Lipinski definition) is 2. The molecule has 0 unspecified atom stereocenters. The first-order valence-electron chi connectivity index (χ1n) is 12.3. The van der Waals surface area contributed by atoms with Crippen molar-refractivity contribution in [3.63, 3.8) is 0 Å². The van der Waals surface area contributed by atoms with Crippen LogP contribution in [0.1, 0.15) is 36.7 Å². The summed E-state index contributed by atoms with van der Waals surface area (Å²) < 4.78 is 16.8. The van der Waals surface area contributed by atoms with Gasteiger partial charge in [-0.1, -0.05) is 30.3 Å². The molecule has 2 aromatic carbocycles. The zero-order valence-corrected chi connectivity index (χ0v) is 21.8. The topological polar surface area (TPSA) is 118 Å². The highest BCUT2D eigenvalue weighted by Crippen LogP contribution is 2.23. The summed E-state index contributed by atoms with van der Waals surface area (Å²) in [6.45, 7) is 5.10. The summed E-state index contributed by atoms with van der Waals surface area (Å²) >= 11 is 0. The van der Waals surface area contributed by atoms with Gasteiger partial charge in [0.05, 0.1) is 24.8 Å². The summed E-state index contributed by atoms with van der Waals surface area (Å²) in [7, 11) is 0. The molecule has 9 heteroatoms. The number of aldehydes is 1. The summed E-state index contributed by atoms with van der Waals surface area (Å²) in [4.78, 5) is 29.3. The third-order valence-electron chi connectivity index (χ3n) is 5.24. The van der Waals surface area contributed by atoms with E-state index in [0.29, 0.717) is 23.3 Å². The molecule has 3 aromatic rings. The van der Waals surface area contributed by atoms with E-state index >= 15 is 0 Å². The molecule has 0 saturated heterocycles. The molecule has 0 aliphatic rings. The lowest BCUT2D eigenvalue weighted by atomic mass is 10.1. The van der Waals surface area contributed by atoms with E-state index in [9.17, 15) is 19.8 Å². The first-order chi connectivity index (χ1) is 18.1. The highest BCUT2D eigenvalue weighted by Gasteiger charge is 2.26. The van der Waals surface area contributed by atoms with Crippen molar-refractivity contribution in [1.82, 2.24) is 9.88 Å². The minimum absolute atomic E-state index is 0.0248. The molecule has 0 aliphatic heterocycles. The van der Waals surface area contributed by atoms with Gasteiger partial charge >= 0.3 is 6.09 Å².